The molecule has 8 aromatic carbocycles. The van der Waals surface area contributed by atoms with E-state index in [9.17, 15) is 29.4 Å². The second-order valence-corrected chi connectivity index (χ2v) is 28.9. The number of nitrogens with zero attached hydrogens (tertiary/aromatic N) is 4. The van der Waals surface area contributed by atoms with E-state index in [-0.39, 0.29) is 28.8 Å². The quantitative estimate of drug-likeness (QED) is 0.0183. The van der Waals surface area contributed by atoms with Crippen molar-refractivity contribution in [1.82, 2.24) is 19.9 Å². The van der Waals surface area contributed by atoms with Crippen LogP contribution in [0.25, 0.3) is 43.1 Å². The summed E-state index contributed by atoms with van der Waals surface area (Å²) in [6.07, 6.45) is 13.9. The van der Waals surface area contributed by atoms with Crippen LogP contribution in [0, 0.1) is 5.41 Å². The number of carbonyl (C=O) groups is 4. The van der Waals surface area contributed by atoms with Gasteiger partial charge in [0.05, 0.1) is 122 Å². The van der Waals surface area contributed by atoms with Gasteiger partial charge in [0, 0.05) is 107 Å². The molecule has 123 heavy (non-hydrogen) atoms. The maximum atomic E-state index is 13.6. The molecule has 0 atom stereocenters. The van der Waals surface area contributed by atoms with E-state index in [2.05, 4.69) is 31.7 Å². The normalized spacial score (nSPS) is 10.7. The van der Waals surface area contributed by atoms with E-state index in [1.165, 1.54) is 82.4 Å². The van der Waals surface area contributed by atoms with Crippen LogP contribution in [0.3, 0.4) is 0 Å². The van der Waals surface area contributed by atoms with Gasteiger partial charge in [-0.2, -0.15) is 0 Å². The minimum atomic E-state index is -0.733. The summed E-state index contributed by atoms with van der Waals surface area (Å²) in [5.74, 6) is 6.18. The predicted octanol–water partition coefficient (Wildman–Crippen LogP) is 18.2. The molecule has 0 aliphatic carbocycles. The molecule has 0 amide bonds. The number of hydrogen-bond acceptors (Lipinski definition) is 29. The maximum Gasteiger partial charge on any atom is 0.316 e. The van der Waals surface area contributed by atoms with E-state index in [0.717, 1.165) is 40.4 Å². The summed E-state index contributed by atoms with van der Waals surface area (Å²) >= 11 is 10.9. The summed E-state index contributed by atoms with van der Waals surface area (Å²) in [5.41, 5.74) is 4.20. The van der Waals surface area contributed by atoms with Gasteiger partial charge in [0.15, 0.2) is 104 Å². The molecule has 0 saturated heterocycles. The van der Waals surface area contributed by atoms with E-state index in [1.807, 2.05) is 70.8 Å². The van der Waals surface area contributed by atoms with Crippen LogP contribution in [0.4, 0.5) is 0 Å². The Kier molecular flexibility index (Phi) is 34.9. The van der Waals surface area contributed by atoms with Gasteiger partial charge < -0.3 is 95.5 Å². The first-order chi connectivity index (χ1) is 59.2. The molecule has 0 fully saturated rings. The zero-order valence-corrected chi connectivity index (χ0v) is 74.9. The van der Waals surface area contributed by atoms with Crippen molar-refractivity contribution < 1.29 is 115 Å². The van der Waals surface area contributed by atoms with Crippen LogP contribution in [-0.4, -0.2) is 172 Å². The summed E-state index contributed by atoms with van der Waals surface area (Å²) in [6, 6.07) is 26.2. The molecule has 12 rings (SSSR count). The number of methoxy groups -OCH3 is 12. The smallest absolute Gasteiger partial charge is 0.316 e. The summed E-state index contributed by atoms with van der Waals surface area (Å²) in [5, 5.41) is 26.6. The second-order valence-electron chi connectivity index (χ2n) is 27.1. The minimum Gasteiger partial charge on any atom is -0.504 e. The number of carbonyl (C=O) groups excluding carboxylic acids is 4. The first-order valence-corrected chi connectivity index (χ1v) is 41.0. The first kappa shape index (κ1) is 95.4. The Labute approximate surface area is 725 Å². The number of fused-ring (bicyclic) bond motifs is 4. The molecule has 650 valence electrons. The zero-order chi connectivity index (χ0) is 89.9. The molecular weight excluding hydrogens is 1640 g/mol. The minimum absolute atomic E-state index is 0.0496. The van der Waals surface area contributed by atoms with Gasteiger partial charge in [-0.3, -0.25) is 39.1 Å². The third-order valence-corrected chi connectivity index (χ3v) is 19.0. The average molecular weight is 1740 g/mol. The number of hydrogen-bond donors (Lipinski definition) is 2. The number of esters is 2. The van der Waals surface area contributed by atoms with Crippen molar-refractivity contribution in [3.63, 3.8) is 0 Å². The molecule has 2 N–H and O–H groups in total. The molecule has 0 saturated carbocycles. The topological polar surface area (TPSA) is 326 Å². The van der Waals surface area contributed by atoms with E-state index >= 15 is 0 Å². The number of ether oxygens (including phenoxy) is 18. The van der Waals surface area contributed by atoms with E-state index in [0.29, 0.717) is 197 Å². The number of aromatic hydroxyl groups is 2. The molecule has 0 bridgehead atoms. The number of ketones is 2. The van der Waals surface area contributed by atoms with Crippen molar-refractivity contribution in [2.75, 3.05) is 118 Å². The molecule has 0 aliphatic rings. The fourth-order valence-corrected chi connectivity index (χ4v) is 13.2. The summed E-state index contributed by atoms with van der Waals surface area (Å²) < 4.78 is 98.0. The van der Waals surface area contributed by atoms with Crippen molar-refractivity contribution in [2.24, 2.45) is 5.41 Å². The maximum absolute atomic E-state index is 13.6. The van der Waals surface area contributed by atoms with Gasteiger partial charge in [-0.25, -0.2) is 0 Å². The third kappa shape index (κ3) is 22.2. The lowest BCUT2D eigenvalue weighted by atomic mass is 9.97. The van der Waals surface area contributed by atoms with Gasteiger partial charge in [0.25, 0.3) is 0 Å². The third-order valence-electron chi connectivity index (χ3n) is 18.6. The van der Waals surface area contributed by atoms with Crippen LogP contribution in [-0.2, 0) is 34.2 Å². The molecule has 28 nitrogen and oxygen atoms in total. The zero-order valence-electron chi connectivity index (χ0n) is 72.4. The number of phenolic OH excluding ortho intramolecular Hbond substituents is 2. The van der Waals surface area contributed by atoms with Crippen molar-refractivity contribution in [1.29, 1.82) is 0 Å². The SMILES string of the molecule is CCOc1ccc2c(C(=O)c3cc(OC)c(OC)c(OC)c3)cncc2c1O.CCOc1ccc2c(C(=O)c3cc(OC)c(OC)c(OC)c3)cncc2c1OC(=O)C(C)(C)C.CCOc1ccc2c(Cc3cc(OC)c(OC)c(OC)c3)cncc2c1OC(C)=O.CCOc1ccc2c(Cc3cc(OC)c(OC)c(OC)c3Cl)cncc2c1O.CP=S. The van der Waals surface area contributed by atoms with Gasteiger partial charge in [0.1, 0.15) is 0 Å². The Morgan fingerprint density at radius 1 is 0.366 bits per heavy atom. The first-order valence-electron chi connectivity index (χ1n) is 38.3. The van der Waals surface area contributed by atoms with E-state index in [1.54, 1.807) is 135 Å². The highest BCUT2D eigenvalue weighted by Crippen LogP contribution is 2.49. The molecule has 0 radical (unpaired) electrons. The number of rotatable bonds is 30. The Bertz CT molecular complexity index is 5710. The molecular formula is C92H100ClN4O24PS. The average Bonchev–Trinajstić information content (AvgIpc) is 0.781. The van der Waals surface area contributed by atoms with Crippen LogP contribution in [0.1, 0.15) is 109 Å². The van der Waals surface area contributed by atoms with Gasteiger partial charge in [-0.05, 0) is 192 Å². The predicted molar refractivity (Wildman–Crippen MR) is 473 cm³/mol. The van der Waals surface area contributed by atoms with Gasteiger partial charge in [0.2, 0.25) is 23.0 Å². The van der Waals surface area contributed by atoms with Crippen LogP contribution < -0.4 is 85.3 Å². The molecule has 4 aromatic heterocycles. The molecule has 0 spiro atoms. The molecule has 31 heteroatoms. The Hall–Kier alpha value is -13.1. The lowest BCUT2D eigenvalue weighted by Crippen LogP contribution is -2.26. The lowest BCUT2D eigenvalue weighted by molar-refractivity contribution is -0.143. The van der Waals surface area contributed by atoms with Crippen molar-refractivity contribution in [3.05, 3.63) is 190 Å². The monoisotopic (exact) mass is 1740 g/mol. The van der Waals surface area contributed by atoms with Crippen LogP contribution in [0.5, 0.6) is 115 Å². The lowest BCUT2D eigenvalue weighted by Gasteiger charge is -2.20. The largest absolute Gasteiger partial charge is 0.504 e. The standard InChI is InChI=1S/C26H29NO7.C23H25NO6.C21H22ClNO5.C21H21NO6.CH3PS/c1-8-33-19-10-9-16-17(13-27-14-18(16)23(19)34-25(29)26(2,3)4)22(28)15-11-20(30-5)24(32-7)21(12-15)31-6;1-6-29-19-8-7-17-16(12-24-13-18(17)22(19)30-14(2)25)9-15-10-20(26-3)23(28-5)21(11-15)27-4;1-5-28-16-7-6-14-13(10-23-11-15(14)19(16)24)8-12-9-17(25-2)20(26-3)21(27-4)18(12)22;1-5-28-16-7-6-13-14(10-22-11-15(13)20(16)24)19(23)12-8-17(25-2)21(27-4)18(9-12)26-3;1-2-3/h9-14H,8H2,1-7H3;7-8,10-13H,6,9H2,1-5H3;6-7,9-11,24H,5,8H2,1-4H3;6-11,24H,5H2,1-4H3;1H3. The van der Waals surface area contributed by atoms with E-state index in [4.69, 9.17) is 96.9 Å². The number of aromatic nitrogens is 4. The second kappa shape index (κ2) is 45.0. The van der Waals surface area contributed by atoms with Crippen LogP contribution in [0.15, 0.2) is 141 Å². The van der Waals surface area contributed by atoms with Crippen LogP contribution >= 0.6 is 19.0 Å². The van der Waals surface area contributed by atoms with Crippen molar-refractivity contribution in [3.8, 4) is 115 Å². The molecule has 0 unspecified atom stereocenters. The fraction of sp³-hybridized carbons (Fsp3) is 0.304. The fourth-order valence-electron chi connectivity index (χ4n) is 13.0. The highest BCUT2D eigenvalue weighted by atomic mass is 35.5. The summed E-state index contributed by atoms with van der Waals surface area (Å²) in [7, 11) is 19.3. The highest BCUT2D eigenvalue weighted by molar-refractivity contribution is 7.96. The van der Waals surface area contributed by atoms with Crippen molar-refractivity contribution in [2.45, 2.75) is 68.2 Å². The Morgan fingerprint density at radius 3 is 1.07 bits per heavy atom. The van der Waals surface area contributed by atoms with E-state index < -0.39 is 17.4 Å². The number of halogens is 1. The summed E-state index contributed by atoms with van der Waals surface area (Å²) in [4.78, 5) is 68.1. The number of phenols is 2. The Balaban J connectivity index is 0.000000202. The van der Waals surface area contributed by atoms with Gasteiger partial charge in [-0.1, -0.05) is 35.5 Å². The molecule has 0 aliphatic heterocycles. The number of pyridine rings is 4. The molecule has 4 heterocycles. The highest BCUT2D eigenvalue weighted by Gasteiger charge is 2.30. The number of benzene rings is 8. The van der Waals surface area contributed by atoms with Gasteiger partial charge >= 0.3 is 11.9 Å². The van der Waals surface area contributed by atoms with Crippen LogP contribution in [0.2, 0.25) is 5.02 Å². The Morgan fingerprint density at radius 2 is 0.683 bits per heavy atom. The van der Waals surface area contributed by atoms with Crippen molar-refractivity contribution >= 4 is 97.4 Å². The van der Waals surface area contributed by atoms with Gasteiger partial charge in [-0.15, -0.1) is 0 Å². The summed E-state index contributed by atoms with van der Waals surface area (Å²) in [6.45, 7) is 17.7. The molecule has 12 aromatic rings.